The summed E-state index contributed by atoms with van der Waals surface area (Å²) in [7, 11) is 0. The van der Waals surface area contributed by atoms with Crippen molar-refractivity contribution in [3.8, 4) is 0 Å². The van der Waals surface area contributed by atoms with Gasteiger partial charge in [0.05, 0.1) is 0 Å². The van der Waals surface area contributed by atoms with E-state index in [9.17, 15) is 9.59 Å². The Labute approximate surface area is 155 Å². The van der Waals surface area contributed by atoms with Crippen LogP contribution in [-0.2, 0) is 4.79 Å². The van der Waals surface area contributed by atoms with Crippen molar-refractivity contribution in [1.29, 1.82) is 0 Å². The standard InChI is InChI=1S/C21H27N3O2/c1-3-24(4-2)19-14-12-18(13-15-19)23-20(25)11-8-16-22-21(26)17-9-6-5-7-10-17/h5-7,9-10,12-15H,3-4,8,11,16H2,1-2H3,(H,22,26)(H,23,25). The van der Waals surface area contributed by atoms with Crippen LogP contribution in [0.2, 0.25) is 0 Å². The molecule has 26 heavy (non-hydrogen) atoms. The van der Waals surface area contributed by atoms with Crippen LogP contribution < -0.4 is 15.5 Å². The van der Waals surface area contributed by atoms with Crippen LogP contribution in [-0.4, -0.2) is 31.4 Å². The smallest absolute Gasteiger partial charge is 0.251 e. The predicted molar refractivity (Wildman–Crippen MR) is 107 cm³/mol. The van der Waals surface area contributed by atoms with Gasteiger partial charge >= 0.3 is 0 Å². The van der Waals surface area contributed by atoms with Gasteiger partial charge < -0.3 is 15.5 Å². The predicted octanol–water partition coefficient (Wildman–Crippen LogP) is 3.68. The molecule has 2 rings (SSSR count). The van der Waals surface area contributed by atoms with Crippen LogP contribution in [0.1, 0.15) is 37.0 Å². The number of carbonyl (C=O) groups excluding carboxylic acids is 2. The lowest BCUT2D eigenvalue weighted by Crippen LogP contribution is -2.25. The zero-order chi connectivity index (χ0) is 18.8. The molecule has 0 fully saturated rings. The van der Waals surface area contributed by atoms with Gasteiger partial charge in [-0.3, -0.25) is 9.59 Å². The molecule has 5 heteroatoms. The lowest BCUT2D eigenvalue weighted by molar-refractivity contribution is -0.116. The molecular weight excluding hydrogens is 326 g/mol. The Bertz CT molecular complexity index is 695. The third-order valence-electron chi connectivity index (χ3n) is 4.18. The first-order chi connectivity index (χ1) is 12.6. The van der Waals surface area contributed by atoms with Gasteiger partial charge in [-0.1, -0.05) is 18.2 Å². The molecule has 0 aliphatic carbocycles. The number of nitrogens with one attached hydrogen (secondary N) is 2. The maximum absolute atomic E-state index is 12.0. The number of rotatable bonds is 9. The molecule has 5 nitrogen and oxygen atoms in total. The summed E-state index contributed by atoms with van der Waals surface area (Å²) in [5, 5.41) is 5.72. The summed E-state index contributed by atoms with van der Waals surface area (Å²) >= 11 is 0. The van der Waals surface area contributed by atoms with Gasteiger partial charge in [-0.15, -0.1) is 0 Å². The fraction of sp³-hybridized carbons (Fsp3) is 0.333. The van der Waals surface area contributed by atoms with Crippen molar-refractivity contribution in [2.75, 3.05) is 29.9 Å². The van der Waals surface area contributed by atoms with E-state index in [1.54, 1.807) is 12.1 Å². The Kier molecular flexibility index (Phi) is 7.68. The molecule has 0 saturated heterocycles. The highest BCUT2D eigenvalue weighted by atomic mass is 16.2. The summed E-state index contributed by atoms with van der Waals surface area (Å²) in [5.41, 5.74) is 2.57. The Morgan fingerprint density at radius 2 is 1.58 bits per heavy atom. The molecule has 0 aliphatic rings. The normalized spacial score (nSPS) is 10.2. The molecule has 0 atom stereocenters. The minimum Gasteiger partial charge on any atom is -0.372 e. The van der Waals surface area contributed by atoms with Crippen LogP contribution in [0.4, 0.5) is 11.4 Å². The number of benzene rings is 2. The number of hydrogen-bond acceptors (Lipinski definition) is 3. The number of anilines is 2. The number of carbonyl (C=O) groups is 2. The molecule has 2 aromatic carbocycles. The first-order valence-electron chi connectivity index (χ1n) is 9.12. The van der Waals surface area contributed by atoms with Crippen LogP contribution in [0.25, 0.3) is 0 Å². The van der Waals surface area contributed by atoms with Gasteiger partial charge in [-0.2, -0.15) is 0 Å². The zero-order valence-corrected chi connectivity index (χ0v) is 15.5. The third kappa shape index (κ3) is 5.92. The zero-order valence-electron chi connectivity index (χ0n) is 15.5. The second kappa shape index (κ2) is 10.2. The van der Waals surface area contributed by atoms with E-state index in [0.29, 0.717) is 24.9 Å². The van der Waals surface area contributed by atoms with Crippen molar-refractivity contribution in [2.45, 2.75) is 26.7 Å². The van der Waals surface area contributed by atoms with Gasteiger partial charge in [-0.25, -0.2) is 0 Å². The van der Waals surface area contributed by atoms with Crippen LogP contribution in [0.5, 0.6) is 0 Å². The van der Waals surface area contributed by atoms with E-state index < -0.39 is 0 Å². The maximum Gasteiger partial charge on any atom is 0.251 e. The van der Waals surface area contributed by atoms with Crippen molar-refractivity contribution < 1.29 is 9.59 Å². The average Bonchev–Trinajstić information content (AvgIpc) is 2.68. The van der Waals surface area contributed by atoms with Gasteiger partial charge in [0.25, 0.3) is 5.91 Å². The van der Waals surface area contributed by atoms with Crippen molar-refractivity contribution in [3.63, 3.8) is 0 Å². The molecule has 138 valence electrons. The quantitative estimate of drug-likeness (QED) is 0.676. The Morgan fingerprint density at radius 3 is 2.19 bits per heavy atom. The molecular formula is C21H27N3O2. The van der Waals surface area contributed by atoms with Gasteiger partial charge in [0.1, 0.15) is 0 Å². The van der Waals surface area contributed by atoms with Crippen molar-refractivity contribution in [3.05, 3.63) is 60.2 Å². The van der Waals surface area contributed by atoms with E-state index in [2.05, 4.69) is 29.4 Å². The SMILES string of the molecule is CCN(CC)c1ccc(NC(=O)CCCNC(=O)c2ccccc2)cc1. The lowest BCUT2D eigenvalue weighted by Gasteiger charge is -2.21. The molecule has 2 amide bonds. The van der Waals surface area contributed by atoms with E-state index in [0.717, 1.165) is 24.5 Å². The summed E-state index contributed by atoms with van der Waals surface area (Å²) in [4.78, 5) is 26.2. The van der Waals surface area contributed by atoms with Crippen LogP contribution in [0, 0.1) is 0 Å². The number of nitrogens with zero attached hydrogens (tertiary/aromatic N) is 1. The molecule has 0 heterocycles. The Morgan fingerprint density at radius 1 is 0.923 bits per heavy atom. The second-order valence-corrected chi connectivity index (χ2v) is 5.99. The van der Waals surface area contributed by atoms with E-state index in [-0.39, 0.29) is 11.8 Å². The van der Waals surface area contributed by atoms with Crippen LogP contribution in [0.15, 0.2) is 54.6 Å². The lowest BCUT2D eigenvalue weighted by atomic mass is 10.2. The molecule has 0 bridgehead atoms. The second-order valence-electron chi connectivity index (χ2n) is 5.99. The van der Waals surface area contributed by atoms with Crippen molar-refractivity contribution in [1.82, 2.24) is 5.32 Å². The van der Waals surface area contributed by atoms with Gasteiger partial charge in [0.15, 0.2) is 0 Å². The molecule has 0 spiro atoms. The summed E-state index contributed by atoms with van der Waals surface area (Å²) in [6, 6.07) is 16.9. The van der Waals surface area contributed by atoms with Gasteiger partial charge in [0, 0.05) is 43.0 Å². The first kappa shape index (κ1) is 19.5. The van der Waals surface area contributed by atoms with Gasteiger partial charge in [0.2, 0.25) is 5.91 Å². The summed E-state index contributed by atoms with van der Waals surface area (Å²) < 4.78 is 0. The minimum atomic E-state index is -0.113. The largest absolute Gasteiger partial charge is 0.372 e. The fourth-order valence-electron chi connectivity index (χ4n) is 2.71. The van der Waals surface area contributed by atoms with Crippen LogP contribution >= 0.6 is 0 Å². The Hall–Kier alpha value is -2.82. The average molecular weight is 353 g/mol. The maximum atomic E-state index is 12.0. The van der Waals surface area contributed by atoms with E-state index in [1.165, 1.54) is 0 Å². The van der Waals surface area contributed by atoms with E-state index >= 15 is 0 Å². The highest BCUT2D eigenvalue weighted by Gasteiger charge is 2.06. The monoisotopic (exact) mass is 353 g/mol. The van der Waals surface area contributed by atoms with Crippen LogP contribution in [0.3, 0.4) is 0 Å². The molecule has 0 radical (unpaired) electrons. The highest BCUT2D eigenvalue weighted by Crippen LogP contribution is 2.17. The topological polar surface area (TPSA) is 61.4 Å². The Balaban J connectivity index is 1.71. The molecule has 0 saturated carbocycles. The van der Waals surface area contributed by atoms with Gasteiger partial charge in [-0.05, 0) is 56.7 Å². The fourth-order valence-corrected chi connectivity index (χ4v) is 2.71. The first-order valence-corrected chi connectivity index (χ1v) is 9.12. The summed E-state index contributed by atoms with van der Waals surface area (Å²) in [5.74, 6) is -0.160. The molecule has 0 aliphatic heterocycles. The minimum absolute atomic E-state index is 0.0467. The summed E-state index contributed by atoms with van der Waals surface area (Å²) in [6.45, 7) is 6.63. The van der Waals surface area contributed by atoms with E-state index in [4.69, 9.17) is 0 Å². The molecule has 0 aromatic heterocycles. The number of hydrogen-bond donors (Lipinski definition) is 2. The van der Waals surface area contributed by atoms with E-state index in [1.807, 2.05) is 42.5 Å². The van der Waals surface area contributed by atoms with Crippen molar-refractivity contribution >= 4 is 23.2 Å². The molecule has 2 aromatic rings. The third-order valence-corrected chi connectivity index (χ3v) is 4.18. The van der Waals surface area contributed by atoms with Crippen molar-refractivity contribution in [2.24, 2.45) is 0 Å². The number of amides is 2. The summed E-state index contributed by atoms with van der Waals surface area (Å²) in [6.07, 6.45) is 0.967. The molecule has 2 N–H and O–H groups in total. The molecule has 0 unspecified atom stereocenters. The highest BCUT2D eigenvalue weighted by molar-refractivity contribution is 5.94.